The van der Waals surface area contributed by atoms with Crippen molar-refractivity contribution in [3.05, 3.63) is 34.3 Å². The molecule has 21 heavy (non-hydrogen) atoms. The van der Waals surface area contributed by atoms with E-state index in [1.165, 1.54) is 7.11 Å². The van der Waals surface area contributed by atoms with Crippen LogP contribution in [0.5, 0.6) is 0 Å². The van der Waals surface area contributed by atoms with Gasteiger partial charge < -0.3 is 10.5 Å². The van der Waals surface area contributed by atoms with E-state index in [1.54, 1.807) is 12.1 Å². The minimum Gasteiger partial charge on any atom is -0.465 e. The second-order valence-corrected chi connectivity index (χ2v) is 5.85. The van der Waals surface area contributed by atoms with E-state index in [0.717, 1.165) is 31.6 Å². The Morgan fingerprint density at radius 2 is 2.29 bits per heavy atom. The average Bonchev–Trinajstić information content (AvgIpc) is 2.89. The molecule has 2 rings (SSSR count). The highest BCUT2D eigenvalue weighted by atomic mass is 35.5. The van der Waals surface area contributed by atoms with E-state index in [2.05, 4.69) is 11.8 Å². The molecule has 1 saturated heterocycles. The molecule has 2 unspecified atom stereocenters. The SMILES string of the molecule is COC(=O)c1ccc(Cl)c(CN2CCC(C(C)N)C2)c1.Cl. The molecule has 1 heterocycles. The van der Waals surface area contributed by atoms with Gasteiger partial charge in [-0.05, 0) is 49.6 Å². The summed E-state index contributed by atoms with van der Waals surface area (Å²) >= 11 is 6.22. The Balaban J connectivity index is 0.00000220. The van der Waals surface area contributed by atoms with Crippen LogP contribution in [-0.4, -0.2) is 37.1 Å². The molecule has 6 heteroatoms. The number of ether oxygens (including phenoxy) is 1. The topological polar surface area (TPSA) is 55.6 Å². The fourth-order valence-electron chi connectivity index (χ4n) is 2.62. The van der Waals surface area contributed by atoms with Crippen LogP contribution < -0.4 is 5.73 Å². The number of carbonyl (C=O) groups excluding carboxylic acids is 1. The predicted octanol–water partition coefficient (Wildman–Crippen LogP) is 2.72. The number of likely N-dealkylation sites (tertiary alicyclic amines) is 1. The molecule has 0 saturated carbocycles. The third-order valence-corrected chi connectivity index (χ3v) is 4.28. The van der Waals surface area contributed by atoms with Gasteiger partial charge in [-0.1, -0.05) is 11.6 Å². The van der Waals surface area contributed by atoms with Crippen molar-refractivity contribution >= 4 is 30.0 Å². The van der Waals surface area contributed by atoms with E-state index in [1.807, 2.05) is 6.07 Å². The largest absolute Gasteiger partial charge is 0.465 e. The summed E-state index contributed by atoms with van der Waals surface area (Å²) in [6, 6.07) is 5.47. The summed E-state index contributed by atoms with van der Waals surface area (Å²) < 4.78 is 4.74. The molecule has 2 N–H and O–H groups in total. The minimum atomic E-state index is -0.335. The predicted molar refractivity (Wildman–Crippen MR) is 87.1 cm³/mol. The molecular weight excluding hydrogens is 311 g/mol. The van der Waals surface area contributed by atoms with Crippen LogP contribution in [0.4, 0.5) is 0 Å². The van der Waals surface area contributed by atoms with Gasteiger partial charge in [-0.25, -0.2) is 4.79 Å². The van der Waals surface area contributed by atoms with E-state index in [0.29, 0.717) is 16.5 Å². The third kappa shape index (κ3) is 4.58. The number of esters is 1. The summed E-state index contributed by atoms with van der Waals surface area (Å²) in [5, 5.41) is 0.682. The Bertz CT molecular complexity index is 495. The van der Waals surface area contributed by atoms with Gasteiger partial charge in [0.1, 0.15) is 0 Å². The van der Waals surface area contributed by atoms with Gasteiger partial charge in [-0.3, -0.25) is 4.90 Å². The Hall–Kier alpha value is -0.810. The van der Waals surface area contributed by atoms with Crippen LogP contribution in [0.1, 0.15) is 29.3 Å². The maximum Gasteiger partial charge on any atom is 0.337 e. The number of nitrogens with two attached hydrogens (primary N) is 1. The molecule has 0 aliphatic carbocycles. The van der Waals surface area contributed by atoms with Gasteiger partial charge in [0.05, 0.1) is 12.7 Å². The van der Waals surface area contributed by atoms with E-state index in [-0.39, 0.29) is 24.4 Å². The van der Waals surface area contributed by atoms with Gasteiger partial charge in [0.2, 0.25) is 0 Å². The van der Waals surface area contributed by atoms with Crippen LogP contribution in [0.15, 0.2) is 18.2 Å². The Labute approximate surface area is 137 Å². The fourth-order valence-corrected chi connectivity index (χ4v) is 2.79. The van der Waals surface area contributed by atoms with Crippen LogP contribution >= 0.6 is 24.0 Å². The van der Waals surface area contributed by atoms with Gasteiger partial charge in [-0.15, -0.1) is 12.4 Å². The lowest BCUT2D eigenvalue weighted by molar-refractivity contribution is 0.0600. The van der Waals surface area contributed by atoms with E-state index >= 15 is 0 Å². The molecule has 118 valence electrons. The van der Waals surface area contributed by atoms with E-state index in [4.69, 9.17) is 22.1 Å². The maximum atomic E-state index is 11.6. The van der Waals surface area contributed by atoms with Crippen LogP contribution in [0.3, 0.4) is 0 Å². The highest BCUT2D eigenvalue weighted by molar-refractivity contribution is 6.31. The lowest BCUT2D eigenvalue weighted by Crippen LogP contribution is -2.29. The summed E-state index contributed by atoms with van der Waals surface area (Å²) in [6.07, 6.45) is 1.12. The molecule has 1 aliphatic rings. The Morgan fingerprint density at radius 1 is 1.57 bits per heavy atom. The van der Waals surface area contributed by atoms with Crippen LogP contribution in [0.25, 0.3) is 0 Å². The standard InChI is InChI=1S/C15H21ClN2O2.ClH/c1-10(17)12-5-6-18(8-12)9-13-7-11(15(19)20-2)3-4-14(13)16;/h3-4,7,10,12H,5-6,8-9,17H2,1-2H3;1H. The molecule has 0 aromatic heterocycles. The lowest BCUT2D eigenvalue weighted by atomic mass is 10.0. The van der Waals surface area contributed by atoms with Gasteiger partial charge in [0.15, 0.2) is 0 Å². The van der Waals surface area contributed by atoms with Crippen molar-refractivity contribution in [3.8, 4) is 0 Å². The quantitative estimate of drug-likeness (QED) is 0.861. The molecule has 0 spiro atoms. The first-order valence-corrected chi connectivity index (χ1v) is 7.23. The normalized spacial score (nSPS) is 19.9. The zero-order valence-electron chi connectivity index (χ0n) is 12.3. The minimum absolute atomic E-state index is 0. The summed E-state index contributed by atoms with van der Waals surface area (Å²) in [7, 11) is 1.38. The first kappa shape index (κ1) is 18.2. The molecule has 4 nitrogen and oxygen atoms in total. The average molecular weight is 333 g/mol. The number of rotatable bonds is 4. The summed E-state index contributed by atoms with van der Waals surface area (Å²) in [4.78, 5) is 13.9. The number of nitrogens with zero attached hydrogens (tertiary/aromatic N) is 1. The third-order valence-electron chi connectivity index (χ3n) is 3.91. The van der Waals surface area contributed by atoms with Gasteiger partial charge in [0.25, 0.3) is 0 Å². The van der Waals surface area contributed by atoms with Crippen LogP contribution in [0.2, 0.25) is 5.02 Å². The molecule has 0 amide bonds. The van der Waals surface area contributed by atoms with Crippen LogP contribution in [-0.2, 0) is 11.3 Å². The Kier molecular flexibility index (Phi) is 6.94. The number of hydrogen-bond donors (Lipinski definition) is 1. The van der Waals surface area contributed by atoms with Crippen molar-refractivity contribution in [2.24, 2.45) is 11.7 Å². The fraction of sp³-hybridized carbons (Fsp3) is 0.533. The number of halogens is 2. The highest BCUT2D eigenvalue weighted by Gasteiger charge is 2.25. The zero-order valence-corrected chi connectivity index (χ0v) is 13.9. The van der Waals surface area contributed by atoms with Crippen molar-refractivity contribution in [3.63, 3.8) is 0 Å². The first-order valence-electron chi connectivity index (χ1n) is 6.86. The zero-order chi connectivity index (χ0) is 14.7. The second kappa shape index (κ2) is 7.99. The molecule has 1 aliphatic heterocycles. The molecule has 2 atom stereocenters. The van der Waals surface area contributed by atoms with Gasteiger partial charge >= 0.3 is 5.97 Å². The van der Waals surface area contributed by atoms with Crippen molar-refractivity contribution in [1.29, 1.82) is 0 Å². The first-order chi connectivity index (χ1) is 9.51. The monoisotopic (exact) mass is 332 g/mol. The lowest BCUT2D eigenvalue weighted by Gasteiger charge is -2.18. The molecule has 0 radical (unpaired) electrons. The van der Waals surface area contributed by atoms with Crippen molar-refractivity contribution in [2.45, 2.75) is 25.9 Å². The molecule has 1 fully saturated rings. The number of methoxy groups -OCH3 is 1. The number of benzene rings is 1. The van der Waals surface area contributed by atoms with Crippen LogP contribution in [0, 0.1) is 5.92 Å². The number of hydrogen-bond acceptors (Lipinski definition) is 4. The molecular formula is C15H22Cl2N2O2. The number of carbonyl (C=O) groups is 1. The van der Waals surface area contributed by atoms with Crippen molar-refractivity contribution in [1.82, 2.24) is 4.90 Å². The Morgan fingerprint density at radius 3 is 2.86 bits per heavy atom. The smallest absolute Gasteiger partial charge is 0.337 e. The van der Waals surface area contributed by atoms with E-state index in [9.17, 15) is 4.79 Å². The molecule has 1 aromatic rings. The van der Waals surface area contributed by atoms with Gasteiger partial charge in [0, 0.05) is 24.2 Å². The molecule has 0 bridgehead atoms. The highest BCUT2D eigenvalue weighted by Crippen LogP contribution is 2.24. The maximum absolute atomic E-state index is 11.6. The van der Waals surface area contributed by atoms with Crippen molar-refractivity contribution in [2.75, 3.05) is 20.2 Å². The van der Waals surface area contributed by atoms with Crippen molar-refractivity contribution < 1.29 is 9.53 Å². The van der Waals surface area contributed by atoms with E-state index < -0.39 is 0 Å². The molecule has 1 aromatic carbocycles. The summed E-state index contributed by atoms with van der Waals surface area (Å²) in [5.41, 5.74) is 7.45. The second-order valence-electron chi connectivity index (χ2n) is 5.44. The van der Waals surface area contributed by atoms with Gasteiger partial charge in [-0.2, -0.15) is 0 Å². The summed E-state index contributed by atoms with van der Waals surface area (Å²) in [5.74, 6) is 0.204. The summed E-state index contributed by atoms with van der Waals surface area (Å²) in [6.45, 7) is 4.80.